The number of carbonyl (C=O) groups excluding carboxylic acids is 1. The zero-order chi connectivity index (χ0) is 16.1. The molecule has 0 aliphatic carbocycles. The predicted molar refractivity (Wildman–Crippen MR) is 90.0 cm³/mol. The molecule has 23 heavy (non-hydrogen) atoms. The summed E-state index contributed by atoms with van der Waals surface area (Å²) in [5.41, 5.74) is 6.92. The van der Waals surface area contributed by atoms with Gasteiger partial charge in [0.25, 0.3) is 0 Å². The molecule has 0 spiro atoms. The third kappa shape index (κ3) is 6.19. The van der Waals surface area contributed by atoms with Crippen LogP contribution in [0.25, 0.3) is 0 Å². The largest absolute Gasteiger partial charge is 0.460 e. The molecule has 0 aliphatic heterocycles. The van der Waals surface area contributed by atoms with E-state index in [0.29, 0.717) is 5.56 Å². The maximum atomic E-state index is 11.9. The fourth-order valence-electron chi connectivity index (χ4n) is 1.77. The molecular weight excluding hydrogens is 365 g/mol. The summed E-state index contributed by atoms with van der Waals surface area (Å²) < 4.78 is 5.11. The van der Waals surface area contributed by atoms with E-state index in [0.717, 1.165) is 5.56 Å². The Labute approximate surface area is 148 Å². The number of aromatic amines is 1. The molecule has 2 heterocycles. The Kier molecular flexibility index (Phi) is 7.51. The topological polar surface area (TPSA) is 98.1 Å². The van der Waals surface area contributed by atoms with Crippen LogP contribution < -0.4 is 11.3 Å². The summed E-state index contributed by atoms with van der Waals surface area (Å²) in [6.45, 7) is 0.000115. The molecule has 6 nitrogen and oxygen atoms in total. The minimum Gasteiger partial charge on any atom is -0.460 e. The summed E-state index contributed by atoms with van der Waals surface area (Å²) in [6.07, 6.45) is 1.77. The van der Waals surface area contributed by atoms with Gasteiger partial charge in [-0.3, -0.25) is 9.59 Å². The minimum absolute atomic E-state index is 0. The highest BCUT2D eigenvalue weighted by Gasteiger charge is 2.16. The number of pyridine rings is 2. The minimum atomic E-state index is -0.835. The molecule has 0 saturated carbocycles. The summed E-state index contributed by atoms with van der Waals surface area (Å²) in [6, 6.07) is 5.24. The van der Waals surface area contributed by atoms with Gasteiger partial charge >= 0.3 is 5.97 Å². The number of carbonyl (C=O) groups is 1. The van der Waals surface area contributed by atoms with E-state index in [1.54, 1.807) is 18.2 Å². The van der Waals surface area contributed by atoms with Gasteiger partial charge in [0.05, 0.1) is 0 Å². The molecule has 1 atom stereocenters. The Morgan fingerprint density at radius 2 is 1.91 bits per heavy atom. The third-order valence-corrected chi connectivity index (χ3v) is 3.20. The fraction of sp³-hybridized carbons (Fsp3) is 0.214. The predicted octanol–water partition coefficient (Wildman–Crippen LogP) is 2.11. The van der Waals surface area contributed by atoms with Crippen LogP contribution in [0.2, 0.25) is 10.3 Å². The molecule has 0 unspecified atom stereocenters. The maximum absolute atomic E-state index is 11.9. The van der Waals surface area contributed by atoms with Gasteiger partial charge in [0.2, 0.25) is 5.56 Å². The van der Waals surface area contributed by atoms with Gasteiger partial charge in [-0.1, -0.05) is 29.3 Å². The second-order valence-corrected chi connectivity index (χ2v) is 5.37. The van der Waals surface area contributed by atoms with E-state index < -0.39 is 12.0 Å². The Morgan fingerprint density at radius 3 is 2.48 bits per heavy atom. The number of nitrogens with one attached hydrogen (secondary N) is 1. The number of nitrogens with two attached hydrogens (primary N) is 1. The van der Waals surface area contributed by atoms with Gasteiger partial charge in [0, 0.05) is 12.3 Å². The molecule has 3 N–H and O–H groups in total. The SMILES string of the molecule is Cl.N[C@@H](Cc1ccc(=O)[nH]c1)C(=O)OCc1cc(Cl)nc(Cl)c1. The number of nitrogens with zero attached hydrogens (tertiary/aromatic N) is 1. The number of hydrogen-bond donors (Lipinski definition) is 2. The summed E-state index contributed by atoms with van der Waals surface area (Å²) in [7, 11) is 0. The average Bonchev–Trinajstić information content (AvgIpc) is 2.46. The van der Waals surface area contributed by atoms with Crippen molar-refractivity contribution in [3.8, 4) is 0 Å². The van der Waals surface area contributed by atoms with E-state index in [9.17, 15) is 9.59 Å². The molecule has 2 aromatic rings. The third-order valence-electron chi connectivity index (χ3n) is 2.81. The summed E-state index contributed by atoms with van der Waals surface area (Å²) in [5.74, 6) is -0.560. The van der Waals surface area contributed by atoms with Crippen LogP contribution in [0, 0.1) is 0 Å². The number of hydrogen-bond acceptors (Lipinski definition) is 5. The molecule has 0 aliphatic rings. The first-order valence-electron chi connectivity index (χ1n) is 6.36. The van der Waals surface area contributed by atoms with E-state index >= 15 is 0 Å². The number of rotatable bonds is 5. The van der Waals surface area contributed by atoms with Gasteiger partial charge in [0.15, 0.2) is 0 Å². The maximum Gasteiger partial charge on any atom is 0.323 e. The Balaban J connectivity index is 0.00000264. The summed E-state index contributed by atoms with van der Waals surface area (Å²) in [4.78, 5) is 29.1. The molecule has 0 fully saturated rings. The highest BCUT2D eigenvalue weighted by molar-refractivity contribution is 6.32. The molecule has 124 valence electrons. The van der Waals surface area contributed by atoms with Crippen LogP contribution >= 0.6 is 35.6 Å². The lowest BCUT2D eigenvalue weighted by Crippen LogP contribution is -2.34. The second-order valence-electron chi connectivity index (χ2n) is 4.60. The smallest absolute Gasteiger partial charge is 0.323 e. The molecular formula is C14H14Cl3N3O3. The van der Waals surface area contributed by atoms with Crippen LogP contribution in [0.4, 0.5) is 0 Å². The monoisotopic (exact) mass is 377 g/mol. The summed E-state index contributed by atoms with van der Waals surface area (Å²) in [5, 5.41) is 0.437. The zero-order valence-corrected chi connectivity index (χ0v) is 14.1. The quantitative estimate of drug-likeness (QED) is 0.613. The van der Waals surface area contributed by atoms with E-state index in [-0.39, 0.29) is 41.3 Å². The van der Waals surface area contributed by atoms with Crippen molar-refractivity contribution in [2.24, 2.45) is 5.73 Å². The van der Waals surface area contributed by atoms with Gasteiger partial charge in [-0.15, -0.1) is 12.4 Å². The van der Waals surface area contributed by atoms with Gasteiger partial charge < -0.3 is 15.5 Å². The van der Waals surface area contributed by atoms with E-state index in [4.69, 9.17) is 33.7 Å². The van der Waals surface area contributed by atoms with Crippen molar-refractivity contribution < 1.29 is 9.53 Å². The number of esters is 1. The lowest BCUT2D eigenvalue weighted by atomic mass is 10.1. The first-order chi connectivity index (χ1) is 10.4. The van der Waals surface area contributed by atoms with E-state index in [1.165, 1.54) is 12.3 Å². The molecule has 2 aromatic heterocycles. The lowest BCUT2D eigenvalue weighted by molar-refractivity contribution is -0.146. The molecule has 9 heteroatoms. The number of halogens is 3. The van der Waals surface area contributed by atoms with Crippen molar-refractivity contribution in [1.29, 1.82) is 0 Å². The number of H-pyrrole nitrogens is 1. The highest BCUT2D eigenvalue weighted by atomic mass is 35.5. The van der Waals surface area contributed by atoms with E-state index in [1.807, 2.05) is 0 Å². The van der Waals surface area contributed by atoms with Gasteiger partial charge in [-0.25, -0.2) is 4.98 Å². The first-order valence-corrected chi connectivity index (χ1v) is 7.11. The van der Waals surface area contributed by atoms with E-state index in [2.05, 4.69) is 9.97 Å². The number of ether oxygens (including phenoxy) is 1. The standard InChI is InChI=1S/C14H13Cl2N3O3.ClH/c15-11-4-9(5-12(16)19-11)7-22-14(21)10(17)3-8-1-2-13(20)18-6-8;/h1-2,4-6,10H,3,7,17H2,(H,18,20);1H/t10-;/m0./s1. The fourth-order valence-corrected chi connectivity index (χ4v) is 2.27. The van der Waals surface area contributed by atoms with Gasteiger partial charge in [-0.05, 0) is 29.7 Å². The Morgan fingerprint density at radius 1 is 1.26 bits per heavy atom. The molecule has 2 rings (SSSR count). The van der Waals surface area contributed by atoms with Crippen LogP contribution in [0.15, 0.2) is 35.3 Å². The number of aromatic nitrogens is 2. The van der Waals surface area contributed by atoms with Crippen molar-refractivity contribution in [3.05, 3.63) is 62.2 Å². The van der Waals surface area contributed by atoms with Crippen LogP contribution in [0.5, 0.6) is 0 Å². The van der Waals surface area contributed by atoms with Crippen LogP contribution in [0.1, 0.15) is 11.1 Å². The van der Waals surface area contributed by atoms with Crippen LogP contribution in [-0.2, 0) is 22.6 Å². The molecule has 0 saturated heterocycles. The average molecular weight is 379 g/mol. The first kappa shape index (κ1) is 19.4. The van der Waals surface area contributed by atoms with Crippen molar-refractivity contribution in [2.75, 3.05) is 0 Å². The van der Waals surface area contributed by atoms with Crippen molar-refractivity contribution in [3.63, 3.8) is 0 Å². The Hall–Kier alpha value is -1.60. The van der Waals surface area contributed by atoms with Crippen molar-refractivity contribution in [1.82, 2.24) is 9.97 Å². The molecule has 0 bridgehead atoms. The second kappa shape index (κ2) is 8.88. The van der Waals surface area contributed by atoms with Crippen LogP contribution in [0.3, 0.4) is 0 Å². The highest BCUT2D eigenvalue weighted by Crippen LogP contribution is 2.15. The lowest BCUT2D eigenvalue weighted by Gasteiger charge is -2.11. The van der Waals surface area contributed by atoms with Gasteiger partial charge in [0.1, 0.15) is 23.0 Å². The zero-order valence-electron chi connectivity index (χ0n) is 11.8. The Bertz CT molecular complexity index is 696. The van der Waals surface area contributed by atoms with Gasteiger partial charge in [-0.2, -0.15) is 0 Å². The summed E-state index contributed by atoms with van der Waals surface area (Å²) >= 11 is 11.5. The molecule has 0 aromatic carbocycles. The molecule has 0 radical (unpaired) electrons. The normalized spacial score (nSPS) is 11.4. The van der Waals surface area contributed by atoms with Crippen molar-refractivity contribution >= 4 is 41.6 Å². The van der Waals surface area contributed by atoms with Crippen molar-refractivity contribution in [2.45, 2.75) is 19.1 Å². The van der Waals surface area contributed by atoms with Crippen LogP contribution in [-0.4, -0.2) is 22.0 Å². The molecule has 0 amide bonds.